The molecule has 4 N–H and O–H groups in total. The van der Waals surface area contributed by atoms with E-state index in [1.807, 2.05) is 19.1 Å². The van der Waals surface area contributed by atoms with Gasteiger partial charge in [-0.25, -0.2) is 9.20 Å². The average molecular weight is 472 g/mol. The minimum atomic E-state index is -1.71. The molecular weight excluding hydrogens is 446 g/mol. The van der Waals surface area contributed by atoms with Crippen LogP contribution in [0.2, 0.25) is 0 Å². The van der Waals surface area contributed by atoms with Crippen molar-refractivity contribution in [3.63, 3.8) is 0 Å². The highest BCUT2D eigenvalue weighted by atomic mass is 32.2. The molecular formula is C22H25N5O5S. The lowest BCUT2D eigenvalue weighted by Gasteiger charge is -2.28. The van der Waals surface area contributed by atoms with Crippen molar-refractivity contribution in [1.82, 2.24) is 4.98 Å². The number of nitrogens with zero attached hydrogens (tertiary/aromatic N) is 2. The first kappa shape index (κ1) is 23.3. The molecule has 0 radical (unpaired) electrons. The highest BCUT2D eigenvalue weighted by Crippen LogP contribution is 2.48. The Morgan fingerprint density at radius 2 is 2.03 bits per heavy atom. The largest absolute Gasteiger partial charge is 0.382 e. The van der Waals surface area contributed by atoms with Crippen molar-refractivity contribution < 1.29 is 22.6 Å². The van der Waals surface area contributed by atoms with Crippen LogP contribution >= 0.6 is 0 Å². The van der Waals surface area contributed by atoms with Gasteiger partial charge in [-0.2, -0.15) is 5.26 Å². The van der Waals surface area contributed by atoms with Gasteiger partial charge in [0.15, 0.2) is 16.9 Å². The van der Waals surface area contributed by atoms with Crippen LogP contribution < -0.4 is 5.73 Å². The van der Waals surface area contributed by atoms with Crippen LogP contribution in [0.1, 0.15) is 30.8 Å². The second-order valence-corrected chi connectivity index (χ2v) is 9.46. The summed E-state index contributed by atoms with van der Waals surface area (Å²) in [5.74, 6) is -0.859. The van der Waals surface area contributed by atoms with Crippen LogP contribution in [0.3, 0.4) is 0 Å². The molecule has 174 valence electrons. The average Bonchev–Trinajstić information content (AvgIpc) is 3.46. The molecule has 4 rings (SSSR count). The standard InChI is InChI=1S/C22H25N5O5S/c1-13-4-6-14(7-5-13)33(28)29-10-16-18-19(32-21(2,3)31-18)22(11-23,30-16)17-9-8-15(27-17)20(25)26-12-24/h4-9,12,16,18-19,27H,10H2,1-3H3,(H3,24,25,26)/t16-,18-,19-,22+,33-/m1/s1. The predicted molar refractivity (Wildman–Crippen MR) is 120 cm³/mol. The third-order valence-electron chi connectivity index (χ3n) is 5.52. The van der Waals surface area contributed by atoms with Gasteiger partial charge in [0, 0.05) is 0 Å². The van der Waals surface area contributed by atoms with Crippen molar-refractivity contribution in [2.45, 2.75) is 55.4 Å². The number of fused-ring (bicyclic) bond motifs is 1. The summed E-state index contributed by atoms with van der Waals surface area (Å²) >= 11 is -1.71. The highest BCUT2D eigenvalue weighted by molar-refractivity contribution is 7.80. The van der Waals surface area contributed by atoms with Crippen molar-refractivity contribution in [1.29, 1.82) is 10.7 Å². The zero-order chi connectivity index (χ0) is 23.8. The van der Waals surface area contributed by atoms with Crippen LogP contribution in [-0.2, 0) is 35.1 Å². The van der Waals surface area contributed by atoms with E-state index in [1.165, 1.54) is 0 Å². The normalized spacial score (nSPS) is 29.4. The van der Waals surface area contributed by atoms with Gasteiger partial charge < -0.3 is 24.9 Å². The summed E-state index contributed by atoms with van der Waals surface area (Å²) in [6, 6.07) is 12.7. The second-order valence-electron chi connectivity index (χ2n) is 8.29. The quantitative estimate of drug-likeness (QED) is 0.412. The van der Waals surface area contributed by atoms with Gasteiger partial charge in [0.2, 0.25) is 5.60 Å². The minimum Gasteiger partial charge on any atom is -0.382 e. The molecule has 33 heavy (non-hydrogen) atoms. The van der Waals surface area contributed by atoms with E-state index in [9.17, 15) is 9.47 Å². The Hall–Kier alpha value is -2.88. The molecule has 0 bridgehead atoms. The van der Waals surface area contributed by atoms with Crippen molar-refractivity contribution in [3.05, 3.63) is 53.3 Å². The number of hydrogen-bond donors (Lipinski definition) is 3. The third-order valence-corrected chi connectivity index (χ3v) is 6.53. The smallest absolute Gasteiger partial charge is 0.223 e. The summed E-state index contributed by atoms with van der Waals surface area (Å²) in [5, 5.41) is 17.3. The van der Waals surface area contributed by atoms with E-state index in [0.717, 1.165) is 11.9 Å². The summed E-state index contributed by atoms with van der Waals surface area (Å²) in [4.78, 5) is 7.32. The number of amidine groups is 1. The first-order chi connectivity index (χ1) is 15.7. The van der Waals surface area contributed by atoms with Gasteiger partial charge in [-0.3, -0.25) is 9.59 Å². The number of benzene rings is 1. The molecule has 0 aliphatic carbocycles. The van der Waals surface area contributed by atoms with Gasteiger partial charge in [-0.15, -0.1) is 0 Å². The fourth-order valence-electron chi connectivity index (χ4n) is 3.99. The van der Waals surface area contributed by atoms with Crippen molar-refractivity contribution >= 4 is 23.3 Å². The van der Waals surface area contributed by atoms with Crippen molar-refractivity contribution in [2.75, 3.05) is 6.61 Å². The number of hydrogen-bond acceptors (Lipinski definition) is 7. The van der Waals surface area contributed by atoms with Gasteiger partial charge in [0.1, 0.15) is 36.6 Å². The summed E-state index contributed by atoms with van der Waals surface area (Å²) in [6.07, 6.45) is -1.29. The van der Waals surface area contributed by atoms with Gasteiger partial charge in [-0.05, 0) is 45.0 Å². The maximum absolute atomic E-state index is 12.6. The van der Waals surface area contributed by atoms with Gasteiger partial charge >= 0.3 is 0 Å². The molecule has 10 nitrogen and oxygen atoms in total. The van der Waals surface area contributed by atoms with E-state index in [1.54, 1.807) is 38.1 Å². The Morgan fingerprint density at radius 3 is 2.70 bits per heavy atom. The predicted octanol–water partition coefficient (Wildman–Crippen LogP) is 2.01. The Balaban J connectivity index is 1.60. The molecule has 0 saturated carbocycles. The fourth-order valence-corrected chi connectivity index (χ4v) is 4.74. The topological polar surface area (TPSA) is 156 Å². The highest BCUT2D eigenvalue weighted by Gasteiger charge is 2.65. The molecule has 0 spiro atoms. The first-order valence-electron chi connectivity index (χ1n) is 10.3. The van der Waals surface area contributed by atoms with E-state index in [-0.39, 0.29) is 12.4 Å². The second kappa shape index (κ2) is 8.81. The zero-order valence-corrected chi connectivity index (χ0v) is 19.2. The summed E-state index contributed by atoms with van der Waals surface area (Å²) < 4.78 is 36.5. The van der Waals surface area contributed by atoms with Crippen LogP contribution in [0, 0.1) is 23.7 Å². The van der Waals surface area contributed by atoms with Gasteiger partial charge in [0.05, 0.1) is 22.9 Å². The number of nitriles is 1. The summed E-state index contributed by atoms with van der Waals surface area (Å²) in [6.45, 7) is 5.38. The first-order valence-corrected chi connectivity index (χ1v) is 11.3. The van der Waals surface area contributed by atoms with E-state index in [0.29, 0.717) is 16.3 Å². The Labute approximate surface area is 193 Å². The monoisotopic (exact) mass is 471 g/mol. The number of aromatic amines is 1. The van der Waals surface area contributed by atoms with Gasteiger partial charge in [-0.1, -0.05) is 17.7 Å². The van der Waals surface area contributed by atoms with E-state index in [2.05, 4.69) is 16.0 Å². The van der Waals surface area contributed by atoms with Crippen LogP contribution in [0.25, 0.3) is 0 Å². The molecule has 1 aromatic carbocycles. The van der Waals surface area contributed by atoms with Crippen LogP contribution in [0.5, 0.6) is 0 Å². The number of aromatic nitrogens is 1. The number of nitrogens with one attached hydrogen (secondary N) is 2. The molecule has 0 amide bonds. The molecule has 2 aromatic rings. The van der Waals surface area contributed by atoms with E-state index >= 15 is 0 Å². The van der Waals surface area contributed by atoms with E-state index in [4.69, 9.17) is 29.5 Å². The Morgan fingerprint density at radius 1 is 1.30 bits per heavy atom. The molecule has 3 heterocycles. The molecule has 11 heteroatoms. The molecule has 2 fully saturated rings. The SMILES string of the molecule is Cc1ccc([S@](=O)OC[C@H]2O[C@@](C#N)(c3ccc(/C(N)=N\C=N)[nH]3)[C@@H]3OC(C)(C)O[C@@H]32)cc1. The lowest BCUT2D eigenvalue weighted by Crippen LogP contribution is -2.40. The molecule has 2 saturated heterocycles. The summed E-state index contributed by atoms with van der Waals surface area (Å²) in [7, 11) is 0. The minimum absolute atomic E-state index is 0.0739. The van der Waals surface area contributed by atoms with Crippen molar-refractivity contribution in [3.8, 4) is 6.07 Å². The number of ether oxygens (including phenoxy) is 3. The maximum atomic E-state index is 12.6. The molecule has 0 unspecified atom stereocenters. The number of H-pyrrole nitrogens is 1. The Kier molecular flexibility index (Phi) is 6.22. The molecule has 2 aliphatic heterocycles. The third kappa shape index (κ3) is 4.36. The molecule has 5 atom stereocenters. The van der Waals surface area contributed by atoms with Crippen LogP contribution in [0.4, 0.5) is 0 Å². The number of aryl methyl sites for hydroxylation is 1. The van der Waals surface area contributed by atoms with Crippen LogP contribution in [0.15, 0.2) is 46.3 Å². The Bertz CT molecular complexity index is 1140. The molecule has 1 aromatic heterocycles. The number of nitrogens with two attached hydrogens (primary N) is 1. The van der Waals surface area contributed by atoms with E-state index < -0.39 is 40.8 Å². The van der Waals surface area contributed by atoms with Gasteiger partial charge in [0.25, 0.3) is 0 Å². The van der Waals surface area contributed by atoms with Crippen molar-refractivity contribution in [2.24, 2.45) is 10.7 Å². The lowest BCUT2D eigenvalue weighted by molar-refractivity contribution is -0.203. The number of rotatable bonds is 7. The maximum Gasteiger partial charge on any atom is 0.223 e. The fraction of sp³-hybridized carbons (Fsp3) is 0.409. The zero-order valence-electron chi connectivity index (χ0n) is 18.4. The van der Waals surface area contributed by atoms with Crippen LogP contribution in [-0.4, -0.2) is 52.1 Å². The molecule has 2 aliphatic rings. The lowest BCUT2D eigenvalue weighted by atomic mass is 9.93. The number of aliphatic imine (C=N–C) groups is 1. The summed E-state index contributed by atoms with van der Waals surface area (Å²) in [5.41, 5.74) is 6.20.